The number of hydrogen-bond donors (Lipinski definition) is 1. The number of carbonyl (C=O) groups is 1. The fourth-order valence-electron chi connectivity index (χ4n) is 2.76. The van der Waals surface area contributed by atoms with Crippen LogP contribution in [0.1, 0.15) is 30.4 Å². The molecule has 0 saturated heterocycles. The number of fused-ring (bicyclic) bond motifs is 2. The van der Waals surface area contributed by atoms with Gasteiger partial charge in [-0.2, -0.15) is 0 Å². The number of thiazole rings is 1. The van der Waals surface area contributed by atoms with Gasteiger partial charge in [-0.3, -0.25) is 10.1 Å². The number of para-hydroxylation sites is 1. The van der Waals surface area contributed by atoms with Crippen LogP contribution < -0.4 is 5.32 Å². The van der Waals surface area contributed by atoms with Crippen LogP contribution in [0, 0.1) is 0 Å². The van der Waals surface area contributed by atoms with Crippen LogP contribution in [-0.4, -0.2) is 15.5 Å². The molecule has 6 heteroatoms. The smallest absolute Gasteiger partial charge is 0.274 e. The van der Waals surface area contributed by atoms with Crippen molar-refractivity contribution in [2.45, 2.75) is 19.9 Å². The van der Waals surface area contributed by atoms with Crippen LogP contribution in [0.2, 0.25) is 0 Å². The Morgan fingerprint density at radius 2 is 2.04 bits per heavy atom. The molecule has 1 N–H and O–H groups in total. The lowest BCUT2D eigenvalue weighted by Crippen LogP contribution is -2.18. The van der Waals surface area contributed by atoms with Gasteiger partial charge in [-0.1, -0.05) is 23.5 Å². The summed E-state index contributed by atoms with van der Waals surface area (Å²) < 4.78 is 4.28. The molecule has 0 bridgehead atoms. The van der Waals surface area contributed by atoms with Gasteiger partial charge >= 0.3 is 0 Å². The van der Waals surface area contributed by atoms with Crippen LogP contribution >= 0.6 is 22.7 Å². The van der Waals surface area contributed by atoms with Crippen molar-refractivity contribution in [2.24, 2.45) is 0 Å². The van der Waals surface area contributed by atoms with Gasteiger partial charge in [-0.15, -0.1) is 11.3 Å². The zero-order valence-corrected chi connectivity index (χ0v) is 14.4. The first-order valence-electron chi connectivity index (χ1n) is 7.39. The van der Waals surface area contributed by atoms with Gasteiger partial charge < -0.3 is 4.57 Å². The summed E-state index contributed by atoms with van der Waals surface area (Å²) in [6.07, 6.45) is 0. The zero-order chi connectivity index (χ0) is 16.0. The van der Waals surface area contributed by atoms with Crippen LogP contribution in [0.4, 0.5) is 5.13 Å². The summed E-state index contributed by atoms with van der Waals surface area (Å²) in [7, 11) is 0. The molecule has 23 heavy (non-hydrogen) atoms. The molecular formula is C17H15N3OS2. The van der Waals surface area contributed by atoms with E-state index in [9.17, 15) is 4.79 Å². The Morgan fingerprint density at radius 3 is 2.83 bits per heavy atom. The number of nitrogens with zero attached hydrogens (tertiary/aromatic N) is 2. The predicted molar refractivity (Wildman–Crippen MR) is 97.8 cm³/mol. The number of rotatable bonds is 3. The normalized spacial score (nSPS) is 11.6. The molecule has 0 radical (unpaired) electrons. The summed E-state index contributed by atoms with van der Waals surface area (Å²) in [6, 6.07) is 12.1. The molecule has 3 aromatic heterocycles. The maximum atomic E-state index is 12.7. The van der Waals surface area contributed by atoms with Gasteiger partial charge in [-0.25, -0.2) is 4.98 Å². The van der Waals surface area contributed by atoms with Crippen molar-refractivity contribution in [3.8, 4) is 0 Å². The lowest BCUT2D eigenvalue weighted by Gasteiger charge is -2.13. The van der Waals surface area contributed by atoms with E-state index in [0.29, 0.717) is 10.8 Å². The average Bonchev–Trinajstić information content (AvgIpc) is 3.18. The summed E-state index contributed by atoms with van der Waals surface area (Å²) in [5, 5.41) is 5.64. The Bertz CT molecular complexity index is 976. The van der Waals surface area contributed by atoms with Gasteiger partial charge in [0.25, 0.3) is 5.91 Å². The van der Waals surface area contributed by atoms with Crippen molar-refractivity contribution < 1.29 is 4.79 Å². The zero-order valence-electron chi connectivity index (χ0n) is 12.7. The molecule has 0 atom stereocenters. The number of aromatic nitrogens is 2. The Balaban J connectivity index is 1.71. The number of amides is 1. The third-order valence-corrected chi connectivity index (χ3v) is 5.53. The Labute approximate surface area is 141 Å². The van der Waals surface area contributed by atoms with Gasteiger partial charge in [-0.05, 0) is 43.5 Å². The minimum absolute atomic E-state index is 0.110. The minimum Gasteiger partial charge on any atom is -0.333 e. The van der Waals surface area contributed by atoms with E-state index in [1.54, 1.807) is 11.3 Å². The summed E-state index contributed by atoms with van der Waals surface area (Å²) in [6.45, 7) is 4.18. The standard InChI is InChI=1S/C17H15N3OS2/c1-10(2)20-12-7-8-22-15(12)9-13(20)16(21)19-17-18-11-5-3-4-6-14(11)23-17/h3-10H,1-2H3,(H,18,19,21). The first-order chi connectivity index (χ1) is 11.1. The van der Waals surface area contributed by atoms with Crippen LogP contribution in [0.5, 0.6) is 0 Å². The molecule has 4 nitrogen and oxygen atoms in total. The summed E-state index contributed by atoms with van der Waals surface area (Å²) >= 11 is 3.15. The summed E-state index contributed by atoms with van der Waals surface area (Å²) in [4.78, 5) is 17.2. The van der Waals surface area contributed by atoms with Gasteiger partial charge in [0.05, 0.1) is 20.4 Å². The highest BCUT2D eigenvalue weighted by molar-refractivity contribution is 7.22. The van der Waals surface area contributed by atoms with Crippen molar-refractivity contribution >= 4 is 54.1 Å². The number of carbonyl (C=O) groups excluding carboxylic acids is 1. The number of nitrogens with one attached hydrogen (secondary N) is 1. The van der Waals surface area contributed by atoms with Crippen LogP contribution in [-0.2, 0) is 0 Å². The van der Waals surface area contributed by atoms with E-state index in [1.165, 1.54) is 11.3 Å². The first kappa shape index (κ1) is 14.4. The van der Waals surface area contributed by atoms with Crippen molar-refractivity contribution in [3.63, 3.8) is 0 Å². The molecule has 0 aliphatic rings. The van der Waals surface area contributed by atoms with Crippen LogP contribution in [0.15, 0.2) is 41.8 Å². The Hall–Kier alpha value is -2.18. The van der Waals surface area contributed by atoms with E-state index in [0.717, 1.165) is 20.4 Å². The fraction of sp³-hybridized carbons (Fsp3) is 0.176. The SMILES string of the molecule is CC(C)n1c(C(=O)Nc2nc3ccccc3s2)cc2sccc21. The van der Waals surface area contributed by atoms with Crippen molar-refractivity contribution in [1.29, 1.82) is 0 Å². The second-order valence-corrected chi connectivity index (χ2v) is 7.58. The maximum absolute atomic E-state index is 12.7. The van der Waals surface area contributed by atoms with Crippen molar-refractivity contribution in [2.75, 3.05) is 5.32 Å². The quantitative estimate of drug-likeness (QED) is 0.560. The largest absolute Gasteiger partial charge is 0.333 e. The molecule has 0 saturated carbocycles. The topological polar surface area (TPSA) is 46.9 Å². The van der Waals surface area contributed by atoms with Gasteiger partial charge in [0.2, 0.25) is 0 Å². The third kappa shape index (κ3) is 2.44. The number of thiophene rings is 1. The molecule has 4 rings (SSSR count). The number of anilines is 1. The van der Waals surface area contributed by atoms with Crippen LogP contribution in [0.3, 0.4) is 0 Å². The van der Waals surface area contributed by atoms with Crippen molar-refractivity contribution in [3.05, 3.63) is 47.5 Å². The van der Waals surface area contributed by atoms with E-state index < -0.39 is 0 Å². The van der Waals surface area contributed by atoms with E-state index >= 15 is 0 Å². The molecule has 1 amide bonds. The molecule has 0 aliphatic heterocycles. The number of hydrogen-bond acceptors (Lipinski definition) is 4. The van der Waals surface area contributed by atoms with Gasteiger partial charge in [0.15, 0.2) is 5.13 Å². The second kappa shape index (κ2) is 5.47. The van der Waals surface area contributed by atoms with E-state index in [2.05, 4.69) is 40.2 Å². The second-order valence-electron chi connectivity index (χ2n) is 5.60. The fourth-order valence-corrected chi connectivity index (χ4v) is 4.43. The molecule has 0 aliphatic carbocycles. The third-order valence-electron chi connectivity index (χ3n) is 3.72. The van der Waals surface area contributed by atoms with E-state index in [4.69, 9.17) is 0 Å². The van der Waals surface area contributed by atoms with E-state index in [1.807, 2.05) is 30.3 Å². The van der Waals surface area contributed by atoms with Gasteiger partial charge in [0.1, 0.15) is 5.69 Å². The molecule has 4 aromatic rings. The highest BCUT2D eigenvalue weighted by atomic mass is 32.1. The predicted octanol–water partition coefficient (Wildman–Crippen LogP) is 5.15. The van der Waals surface area contributed by atoms with Crippen molar-refractivity contribution in [1.82, 2.24) is 9.55 Å². The number of benzene rings is 1. The Morgan fingerprint density at radius 1 is 1.22 bits per heavy atom. The summed E-state index contributed by atoms with van der Waals surface area (Å²) in [5.74, 6) is -0.110. The minimum atomic E-state index is -0.110. The van der Waals surface area contributed by atoms with E-state index in [-0.39, 0.29) is 11.9 Å². The monoisotopic (exact) mass is 341 g/mol. The average molecular weight is 341 g/mol. The molecule has 0 spiro atoms. The lowest BCUT2D eigenvalue weighted by molar-refractivity contribution is 0.101. The molecule has 3 heterocycles. The lowest BCUT2D eigenvalue weighted by atomic mass is 10.3. The molecular weight excluding hydrogens is 326 g/mol. The highest BCUT2D eigenvalue weighted by Crippen LogP contribution is 2.30. The van der Waals surface area contributed by atoms with Gasteiger partial charge in [0, 0.05) is 6.04 Å². The molecule has 116 valence electrons. The maximum Gasteiger partial charge on any atom is 0.274 e. The highest BCUT2D eigenvalue weighted by Gasteiger charge is 2.19. The molecule has 0 fully saturated rings. The Kier molecular flexibility index (Phi) is 3.43. The summed E-state index contributed by atoms with van der Waals surface area (Å²) in [5.41, 5.74) is 2.70. The first-order valence-corrected chi connectivity index (χ1v) is 9.08. The molecule has 1 aromatic carbocycles. The molecule has 0 unspecified atom stereocenters. The van der Waals surface area contributed by atoms with Crippen LogP contribution in [0.25, 0.3) is 20.4 Å².